The number of hydrogen-bond donors (Lipinski definition) is 0. The molecular weight excluding hydrogens is 448 g/mol. The van der Waals surface area contributed by atoms with Crippen LogP contribution in [0, 0.1) is 0 Å². The van der Waals surface area contributed by atoms with Gasteiger partial charge in [-0.15, -0.1) is 0 Å². The third-order valence-corrected chi connectivity index (χ3v) is 7.34. The van der Waals surface area contributed by atoms with E-state index in [1.165, 1.54) is 53.9 Å². The average Bonchev–Trinajstić information content (AvgIpc) is 2.79. The Morgan fingerprint density at radius 3 is 1.97 bits per heavy atom. The lowest BCUT2D eigenvalue weighted by Crippen LogP contribution is -1.93. The quantitative estimate of drug-likeness (QED) is 0.246. The van der Waals surface area contributed by atoms with E-state index in [2.05, 4.69) is 119 Å². The molecule has 0 radical (unpaired) electrons. The van der Waals surface area contributed by atoms with E-state index in [1.807, 2.05) is 11.8 Å². The first-order valence-corrected chi connectivity index (χ1v) is 11.6. The molecule has 1 aliphatic rings. The van der Waals surface area contributed by atoms with Crippen LogP contribution >= 0.6 is 27.7 Å². The minimum Gasteiger partial charge on any atom is -0.0888 e. The highest BCUT2D eigenvalue weighted by atomic mass is 79.9. The number of hydrogen-bond acceptors (Lipinski definition) is 1. The molecule has 6 rings (SSSR count). The van der Waals surface area contributed by atoms with Crippen molar-refractivity contribution in [2.45, 2.75) is 9.79 Å². The van der Waals surface area contributed by atoms with Gasteiger partial charge in [-0.05, 0) is 75.2 Å². The molecule has 0 unspecified atom stereocenters. The second kappa shape index (κ2) is 7.16. The van der Waals surface area contributed by atoms with Crippen molar-refractivity contribution in [2.24, 2.45) is 0 Å². The van der Waals surface area contributed by atoms with Crippen LogP contribution in [0.5, 0.6) is 0 Å². The summed E-state index contributed by atoms with van der Waals surface area (Å²) in [5.74, 6) is 0. The summed E-state index contributed by atoms with van der Waals surface area (Å²) in [6.45, 7) is 0. The lowest BCUT2D eigenvalue weighted by atomic mass is 9.93. The first-order valence-electron chi connectivity index (χ1n) is 9.97. The summed E-state index contributed by atoms with van der Waals surface area (Å²) >= 11 is 5.46. The van der Waals surface area contributed by atoms with Gasteiger partial charge in [0.05, 0.1) is 0 Å². The minimum absolute atomic E-state index is 1.10. The van der Waals surface area contributed by atoms with E-state index in [9.17, 15) is 0 Å². The van der Waals surface area contributed by atoms with Crippen molar-refractivity contribution in [1.82, 2.24) is 0 Å². The molecule has 0 aromatic heterocycles. The Morgan fingerprint density at radius 1 is 0.500 bits per heavy atom. The van der Waals surface area contributed by atoms with E-state index in [1.54, 1.807) is 0 Å². The molecule has 0 bridgehead atoms. The molecule has 0 amide bonds. The monoisotopic (exact) mass is 464 g/mol. The van der Waals surface area contributed by atoms with E-state index >= 15 is 0 Å². The Hall–Kier alpha value is -2.81. The Morgan fingerprint density at radius 2 is 1.17 bits per heavy atom. The second-order valence-corrected chi connectivity index (χ2v) is 9.56. The summed E-state index contributed by atoms with van der Waals surface area (Å²) in [6.07, 6.45) is 0. The highest BCUT2D eigenvalue weighted by molar-refractivity contribution is 9.10. The summed E-state index contributed by atoms with van der Waals surface area (Å²) in [7, 11) is 0. The van der Waals surface area contributed by atoms with Crippen LogP contribution in [0.1, 0.15) is 0 Å². The van der Waals surface area contributed by atoms with E-state index < -0.39 is 0 Å². The molecule has 0 fully saturated rings. The molecule has 0 spiro atoms. The van der Waals surface area contributed by atoms with E-state index in [0.717, 1.165) is 4.47 Å². The predicted molar refractivity (Wildman–Crippen MR) is 132 cm³/mol. The van der Waals surface area contributed by atoms with Crippen molar-refractivity contribution >= 4 is 38.5 Å². The van der Waals surface area contributed by atoms with Gasteiger partial charge < -0.3 is 0 Å². The molecule has 5 aromatic carbocycles. The number of rotatable bonds is 2. The number of fused-ring (bicyclic) bond motifs is 2. The van der Waals surface area contributed by atoms with Crippen molar-refractivity contribution < 1.29 is 0 Å². The molecule has 2 heteroatoms. The van der Waals surface area contributed by atoms with Crippen LogP contribution < -0.4 is 0 Å². The summed E-state index contributed by atoms with van der Waals surface area (Å²) < 4.78 is 1.10. The zero-order valence-corrected chi connectivity index (χ0v) is 18.5. The molecule has 5 aromatic rings. The normalized spacial score (nSPS) is 12.0. The molecule has 0 saturated heterocycles. The van der Waals surface area contributed by atoms with Crippen LogP contribution in [0.15, 0.2) is 117 Å². The Labute approximate surface area is 188 Å². The summed E-state index contributed by atoms with van der Waals surface area (Å²) in [5.41, 5.74) is 7.61. The number of halogens is 1. The molecule has 0 saturated carbocycles. The van der Waals surface area contributed by atoms with Gasteiger partial charge in [0, 0.05) is 19.6 Å². The fraction of sp³-hybridized carbons (Fsp3) is 0. The zero-order chi connectivity index (χ0) is 20.1. The lowest BCUT2D eigenvalue weighted by molar-refractivity contribution is 1.39. The fourth-order valence-electron chi connectivity index (χ4n) is 4.29. The minimum atomic E-state index is 1.10. The molecule has 0 atom stereocenters. The van der Waals surface area contributed by atoms with Gasteiger partial charge in [-0.1, -0.05) is 94.4 Å². The van der Waals surface area contributed by atoms with Crippen molar-refractivity contribution in [3.63, 3.8) is 0 Å². The van der Waals surface area contributed by atoms with Crippen LogP contribution in [0.3, 0.4) is 0 Å². The maximum atomic E-state index is 3.59. The van der Waals surface area contributed by atoms with E-state index in [-0.39, 0.29) is 0 Å². The Balaban J connectivity index is 1.50. The van der Waals surface area contributed by atoms with Gasteiger partial charge in [0.25, 0.3) is 0 Å². The highest BCUT2D eigenvalue weighted by Crippen LogP contribution is 2.48. The molecule has 30 heavy (non-hydrogen) atoms. The molecule has 0 nitrogen and oxygen atoms in total. The molecule has 142 valence electrons. The predicted octanol–water partition coefficient (Wildman–Crippen LogP) is 9.07. The molecular formula is C28H17BrS. The average molecular weight is 465 g/mol. The lowest BCUT2D eigenvalue weighted by Gasteiger charge is -2.21. The van der Waals surface area contributed by atoms with Crippen molar-refractivity contribution in [1.29, 1.82) is 0 Å². The van der Waals surface area contributed by atoms with Gasteiger partial charge in [0.1, 0.15) is 0 Å². The van der Waals surface area contributed by atoms with Gasteiger partial charge in [0.15, 0.2) is 0 Å². The topological polar surface area (TPSA) is 0 Å². The second-order valence-electron chi connectivity index (χ2n) is 7.56. The summed E-state index contributed by atoms with van der Waals surface area (Å²) in [4.78, 5) is 2.67. The van der Waals surface area contributed by atoms with Crippen molar-refractivity contribution in [2.75, 3.05) is 0 Å². The van der Waals surface area contributed by atoms with Gasteiger partial charge in [0.2, 0.25) is 0 Å². The van der Waals surface area contributed by atoms with Gasteiger partial charge in [-0.2, -0.15) is 0 Å². The first kappa shape index (κ1) is 18.0. The number of benzene rings is 5. The molecule has 0 aliphatic carbocycles. The summed E-state index contributed by atoms with van der Waals surface area (Å²) in [6, 6.07) is 37.4. The molecule has 1 heterocycles. The molecule has 1 aliphatic heterocycles. The molecule has 0 N–H and O–H groups in total. The van der Waals surface area contributed by atoms with E-state index in [4.69, 9.17) is 0 Å². The highest BCUT2D eigenvalue weighted by Gasteiger charge is 2.19. The third kappa shape index (κ3) is 2.99. The van der Waals surface area contributed by atoms with E-state index in [0.29, 0.717) is 0 Å². The smallest absolute Gasteiger partial charge is 0.0207 e. The fourth-order valence-corrected chi connectivity index (χ4v) is 5.82. The van der Waals surface area contributed by atoms with Crippen LogP contribution in [-0.2, 0) is 0 Å². The van der Waals surface area contributed by atoms with Gasteiger partial charge >= 0.3 is 0 Å². The van der Waals surface area contributed by atoms with Crippen LogP contribution in [0.2, 0.25) is 0 Å². The Bertz CT molecular complexity index is 1430. The summed E-state index contributed by atoms with van der Waals surface area (Å²) in [5, 5.41) is 2.68. The zero-order valence-electron chi connectivity index (χ0n) is 16.1. The van der Waals surface area contributed by atoms with Crippen LogP contribution in [-0.4, -0.2) is 0 Å². The van der Waals surface area contributed by atoms with Crippen LogP contribution in [0.4, 0.5) is 0 Å². The maximum absolute atomic E-state index is 3.59. The van der Waals surface area contributed by atoms with Crippen molar-refractivity contribution in [3.8, 4) is 33.4 Å². The van der Waals surface area contributed by atoms with Gasteiger partial charge in [-0.25, -0.2) is 0 Å². The first-order chi connectivity index (χ1) is 14.8. The largest absolute Gasteiger partial charge is 0.0888 e. The maximum Gasteiger partial charge on any atom is 0.0207 e. The van der Waals surface area contributed by atoms with Crippen LogP contribution in [0.25, 0.3) is 44.2 Å². The third-order valence-electron chi connectivity index (χ3n) is 5.71. The SMILES string of the molecule is Brc1cccc(-c2cccc(-c3ccc4c(c3)-c3cccc5cccc(c35)S4)c2)c1. The Kier molecular flexibility index (Phi) is 4.29. The van der Waals surface area contributed by atoms with Crippen molar-refractivity contribution in [3.05, 3.63) is 108 Å². The van der Waals surface area contributed by atoms with Gasteiger partial charge in [-0.3, -0.25) is 0 Å². The standard InChI is InChI=1S/C28H17BrS/c29-23-10-2-9-21(16-23)19-7-1-8-20(15-19)22-13-14-26-25(17-22)24-11-3-5-18-6-4-12-27(30-26)28(18)24/h1-17H.